The van der Waals surface area contributed by atoms with Crippen molar-refractivity contribution in [3.63, 3.8) is 0 Å². The van der Waals surface area contributed by atoms with Crippen molar-refractivity contribution in [1.82, 2.24) is 9.80 Å². The van der Waals surface area contributed by atoms with Crippen molar-refractivity contribution in [3.8, 4) is 0 Å². The maximum atomic E-state index is 13.0. The average Bonchev–Trinajstić information content (AvgIpc) is 3.33. The quantitative estimate of drug-likeness (QED) is 0.749. The first kappa shape index (κ1) is 17.3. The Morgan fingerprint density at radius 3 is 3.00 bits per heavy atom. The van der Waals surface area contributed by atoms with Gasteiger partial charge in [-0.3, -0.25) is 9.69 Å². The molecule has 1 saturated heterocycles. The Labute approximate surface area is 156 Å². The molecular weight excluding hydrogens is 348 g/mol. The number of carbonyl (C=O) groups is 1. The van der Waals surface area contributed by atoms with Gasteiger partial charge in [-0.25, -0.2) is 0 Å². The zero-order chi connectivity index (χ0) is 17.9. The lowest BCUT2D eigenvalue weighted by atomic mass is 10.1. The van der Waals surface area contributed by atoms with E-state index in [2.05, 4.69) is 4.90 Å². The standard InChI is InChI=1S/C20H22N2O3S/c23-9-5-17-13-22(8-7-21(17)14-18-2-1-10-25-18)20(24)16-3-4-19-15(12-16)6-11-26-19/h1-4,6,10-12,17,23H,5,7-9,13-14H2. The molecule has 136 valence electrons. The Balaban J connectivity index is 1.48. The van der Waals surface area contributed by atoms with Gasteiger partial charge in [0.15, 0.2) is 0 Å². The van der Waals surface area contributed by atoms with Gasteiger partial charge in [0.05, 0.1) is 12.8 Å². The number of furan rings is 1. The highest BCUT2D eigenvalue weighted by Gasteiger charge is 2.30. The second-order valence-corrected chi connectivity index (χ2v) is 7.59. The van der Waals surface area contributed by atoms with Crippen molar-refractivity contribution in [2.45, 2.75) is 19.0 Å². The Morgan fingerprint density at radius 2 is 2.19 bits per heavy atom. The maximum absolute atomic E-state index is 13.0. The minimum Gasteiger partial charge on any atom is -0.468 e. The van der Waals surface area contributed by atoms with Crippen LogP contribution in [-0.2, 0) is 6.54 Å². The molecule has 6 heteroatoms. The van der Waals surface area contributed by atoms with E-state index in [-0.39, 0.29) is 18.6 Å². The van der Waals surface area contributed by atoms with E-state index in [0.717, 1.165) is 23.3 Å². The molecule has 3 heterocycles. The first-order valence-electron chi connectivity index (χ1n) is 8.88. The van der Waals surface area contributed by atoms with Gasteiger partial charge in [-0.15, -0.1) is 11.3 Å². The Morgan fingerprint density at radius 1 is 1.27 bits per heavy atom. The minimum absolute atomic E-state index is 0.0682. The van der Waals surface area contributed by atoms with Crippen LogP contribution in [0.25, 0.3) is 10.1 Å². The zero-order valence-electron chi connectivity index (χ0n) is 14.5. The van der Waals surface area contributed by atoms with E-state index in [1.165, 1.54) is 4.70 Å². The number of hydrogen-bond acceptors (Lipinski definition) is 5. The monoisotopic (exact) mass is 370 g/mol. The van der Waals surface area contributed by atoms with E-state index in [4.69, 9.17) is 4.42 Å². The highest BCUT2D eigenvalue weighted by molar-refractivity contribution is 7.17. The number of rotatable bonds is 5. The largest absolute Gasteiger partial charge is 0.468 e. The molecule has 1 N–H and O–H groups in total. The summed E-state index contributed by atoms with van der Waals surface area (Å²) >= 11 is 1.68. The van der Waals surface area contributed by atoms with Gasteiger partial charge >= 0.3 is 0 Å². The van der Waals surface area contributed by atoms with Crippen molar-refractivity contribution >= 4 is 27.3 Å². The van der Waals surface area contributed by atoms with E-state index in [9.17, 15) is 9.90 Å². The number of thiophene rings is 1. The molecule has 1 aromatic carbocycles. The number of benzene rings is 1. The Bertz CT molecular complexity index is 874. The smallest absolute Gasteiger partial charge is 0.253 e. The molecule has 0 spiro atoms. The average molecular weight is 370 g/mol. The molecule has 0 aliphatic carbocycles. The first-order chi connectivity index (χ1) is 12.7. The highest BCUT2D eigenvalue weighted by atomic mass is 32.1. The molecule has 5 nitrogen and oxygen atoms in total. The van der Waals surface area contributed by atoms with Crippen LogP contribution in [0.15, 0.2) is 52.5 Å². The molecule has 4 rings (SSSR count). The number of hydrogen-bond donors (Lipinski definition) is 1. The fourth-order valence-electron chi connectivity index (χ4n) is 3.59. The van der Waals surface area contributed by atoms with E-state index in [1.807, 2.05) is 46.7 Å². The Kier molecular flexibility index (Phi) is 5.06. The van der Waals surface area contributed by atoms with Crippen LogP contribution >= 0.6 is 11.3 Å². The summed E-state index contributed by atoms with van der Waals surface area (Å²) < 4.78 is 6.65. The van der Waals surface area contributed by atoms with E-state index in [0.29, 0.717) is 26.1 Å². The fourth-order valence-corrected chi connectivity index (χ4v) is 4.36. The number of aliphatic hydroxyl groups is 1. The molecule has 1 fully saturated rings. The van der Waals surface area contributed by atoms with Crippen molar-refractivity contribution in [3.05, 3.63) is 59.4 Å². The molecule has 0 bridgehead atoms. The molecule has 26 heavy (non-hydrogen) atoms. The van der Waals surface area contributed by atoms with Gasteiger partial charge < -0.3 is 14.4 Å². The lowest BCUT2D eigenvalue weighted by Gasteiger charge is -2.41. The van der Waals surface area contributed by atoms with Crippen molar-refractivity contribution in [1.29, 1.82) is 0 Å². The molecular formula is C20H22N2O3S. The van der Waals surface area contributed by atoms with Gasteiger partial charge in [-0.2, -0.15) is 0 Å². The van der Waals surface area contributed by atoms with Crippen LogP contribution in [0.2, 0.25) is 0 Å². The molecule has 1 amide bonds. The van der Waals surface area contributed by atoms with Crippen LogP contribution in [-0.4, -0.2) is 53.1 Å². The number of carbonyl (C=O) groups excluding carboxylic acids is 1. The van der Waals surface area contributed by atoms with Crippen LogP contribution in [0.4, 0.5) is 0 Å². The number of fused-ring (bicyclic) bond motifs is 1. The van der Waals surface area contributed by atoms with Gasteiger partial charge in [-0.1, -0.05) is 0 Å². The van der Waals surface area contributed by atoms with Crippen LogP contribution < -0.4 is 0 Å². The second kappa shape index (κ2) is 7.61. The zero-order valence-corrected chi connectivity index (χ0v) is 15.3. The van der Waals surface area contributed by atoms with Crippen molar-refractivity contribution < 1.29 is 14.3 Å². The summed E-state index contributed by atoms with van der Waals surface area (Å²) in [6, 6.07) is 11.9. The van der Waals surface area contributed by atoms with E-state index in [1.54, 1.807) is 17.6 Å². The lowest BCUT2D eigenvalue weighted by Crippen LogP contribution is -2.54. The van der Waals surface area contributed by atoms with Gasteiger partial charge in [0.25, 0.3) is 5.91 Å². The number of piperazine rings is 1. The summed E-state index contributed by atoms with van der Waals surface area (Å²) in [6.07, 6.45) is 2.32. The summed E-state index contributed by atoms with van der Waals surface area (Å²) in [7, 11) is 0. The minimum atomic E-state index is 0.0682. The molecule has 3 aromatic rings. The van der Waals surface area contributed by atoms with Gasteiger partial charge in [0.1, 0.15) is 5.76 Å². The Hall–Kier alpha value is -2.15. The van der Waals surface area contributed by atoms with Crippen molar-refractivity contribution in [2.24, 2.45) is 0 Å². The van der Waals surface area contributed by atoms with Gasteiger partial charge in [-0.05, 0) is 53.6 Å². The molecule has 1 unspecified atom stereocenters. The predicted octanol–water partition coefficient (Wildman–Crippen LogP) is 3.20. The number of amides is 1. The van der Waals surface area contributed by atoms with E-state index >= 15 is 0 Å². The highest BCUT2D eigenvalue weighted by Crippen LogP contribution is 2.24. The second-order valence-electron chi connectivity index (χ2n) is 6.64. The third-order valence-corrected chi connectivity index (χ3v) is 5.89. The maximum Gasteiger partial charge on any atom is 0.253 e. The molecule has 1 aliphatic rings. The lowest BCUT2D eigenvalue weighted by molar-refractivity contribution is 0.0373. The molecule has 0 saturated carbocycles. The van der Waals surface area contributed by atoms with E-state index < -0.39 is 0 Å². The fraction of sp³-hybridized carbons (Fsp3) is 0.350. The van der Waals surface area contributed by atoms with Crippen molar-refractivity contribution in [2.75, 3.05) is 26.2 Å². The summed E-state index contributed by atoms with van der Waals surface area (Å²) in [4.78, 5) is 17.2. The topological polar surface area (TPSA) is 56.9 Å². The first-order valence-corrected chi connectivity index (χ1v) is 9.76. The number of aliphatic hydroxyl groups excluding tert-OH is 1. The summed E-state index contributed by atoms with van der Waals surface area (Å²) in [5.74, 6) is 0.981. The summed E-state index contributed by atoms with van der Waals surface area (Å²) in [5.41, 5.74) is 0.734. The summed E-state index contributed by atoms with van der Waals surface area (Å²) in [6.45, 7) is 2.91. The third-order valence-electron chi connectivity index (χ3n) is 4.99. The summed E-state index contributed by atoms with van der Waals surface area (Å²) in [5, 5.41) is 12.6. The van der Waals surface area contributed by atoms with Crippen LogP contribution in [0, 0.1) is 0 Å². The van der Waals surface area contributed by atoms with Crippen LogP contribution in [0.1, 0.15) is 22.5 Å². The molecule has 1 aliphatic heterocycles. The van der Waals surface area contributed by atoms with Gasteiger partial charge in [0.2, 0.25) is 0 Å². The number of nitrogens with zero attached hydrogens (tertiary/aromatic N) is 2. The normalized spacial score (nSPS) is 18.5. The van der Waals surface area contributed by atoms with Crippen LogP contribution in [0.3, 0.4) is 0 Å². The van der Waals surface area contributed by atoms with Crippen LogP contribution in [0.5, 0.6) is 0 Å². The SMILES string of the molecule is O=C(c1ccc2sccc2c1)N1CCN(Cc2ccco2)C(CCO)C1. The molecule has 1 atom stereocenters. The molecule has 2 aromatic heterocycles. The molecule has 0 radical (unpaired) electrons. The van der Waals surface area contributed by atoms with Gasteiger partial charge in [0, 0.05) is 42.5 Å². The third kappa shape index (κ3) is 3.53. The predicted molar refractivity (Wildman–Crippen MR) is 102 cm³/mol.